The summed E-state index contributed by atoms with van der Waals surface area (Å²) in [5.74, 6) is 0.942. The highest BCUT2D eigenvalue weighted by Gasteiger charge is 2.28. The molecule has 1 aromatic heterocycles. The van der Waals surface area contributed by atoms with Crippen LogP contribution in [0.4, 0.5) is 0 Å². The van der Waals surface area contributed by atoms with Crippen molar-refractivity contribution in [3.05, 3.63) is 51.2 Å². The Balaban J connectivity index is 1.97. The molecule has 0 spiro atoms. The van der Waals surface area contributed by atoms with Crippen molar-refractivity contribution in [1.29, 1.82) is 0 Å². The number of hydrogen-bond donors (Lipinski definition) is 1. The fourth-order valence-corrected chi connectivity index (χ4v) is 3.47. The maximum absolute atomic E-state index is 6.29. The van der Waals surface area contributed by atoms with Gasteiger partial charge in [0.15, 0.2) is 0 Å². The molecule has 0 bridgehead atoms. The minimum absolute atomic E-state index is 0.0696. The summed E-state index contributed by atoms with van der Waals surface area (Å²) in [5.41, 5.74) is 9.96. The number of thiophene rings is 1. The molecule has 1 aliphatic heterocycles. The van der Waals surface area contributed by atoms with Crippen molar-refractivity contribution in [3.63, 3.8) is 0 Å². The van der Waals surface area contributed by atoms with Gasteiger partial charge in [-0.25, -0.2) is 0 Å². The van der Waals surface area contributed by atoms with Gasteiger partial charge in [0.1, 0.15) is 11.9 Å². The number of fused-ring (bicyclic) bond motifs is 1. The lowest BCUT2D eigenvalue weighted by molar-refractivity contribution is 0.164. The summed E-state index contributed by atoms with van der Waals surface area (Å²) >= 11 is 1.76. The Kier molecular flexibility index (Phi) is 2.88. The molecule has 2 atom stereocenters. The highest BCUT2D eigenvalue weighted by Crippen LogP contribution is 2.42. The van der Waals surface area contributed by atoms with Gasteiger partial charge in [-0.3, -0.25) is 0 Å². The van der Waals surface area contributed by atoms with Gasteiger partial charge in [-0.2, -0.15) is 0 Å². The van der Waals surface area contributed by atoms with Crippen molar-refractivity contribution in [2.45, 2.75) is 32.4 Å². The van der Waals surface area contributed by atoms with Crippen LogP contribution in [0.1, 0.15) is 40.1 Å². The molecular formula is C15H17NOS. The zero-order valence-corrected chi connectivity index (χ0v) is 11.5. The molecule has 18 heavy (non-hydrogen) atoms. The molecule has 0 saturated heterocycles. The summed E-state index contributed by atoms with van der Waals surface area (Å²) in [6.07, 6.45) is 0.966. The smallest absolute Gasteiger partial charge is 0.135 e. The Hall–Kier alpha value is -1.32. The van der Waals surface area contributed by atoms with Gasteiger partial charge >= 0.3 is 0 Å². The van der Waals surface area contributed by atoms with Gasteiger partial charge in [0.05, 0.1) is 0 Å². The Bertz CT molecular complexity index is 576. The van der Waals surface area contributed by atoms with E-state index in [9.17, 15) is 0 Å². The van der Waals surface area contributed by atoms with Crippen LogP contribution in [-0.2, 0) is 0 Å². The van der Waals surface area contributed by atoms with E-state index >= 15 is 0 Å². The molecular weight excluding hydrogens is 242 g/mol. The van der Waals surface area contributed by atoms with Gasteiger partial charge in [-0.05, 0) is 36.9 Å². The Morgan fingerprint density at radius 1 is 1.28 bits per heavy atom. The van der Waals surface area contributed by atoms with Crippen LogP contribution < -0.4 is 10.5 Å². The Labute approximate surface area is 111 Å². The van der Waals surface area contributed by atoms with Gasteiger partial charge in [0.2, 0.25) is 0 Å². The lowest BCUT2D eigenvalue weighted by atomic mass is 9.94. The highest BCUT2D eigenvalue weighted by atomic mass is 32.1. The van der Waals surface area contributed by atoms with Crippen LogP contribution in [0.5, 0.6) is 5.75 Å². The van der Waals surface area contributed by atoms with Crippen LogP contribution in [0.3, 0.4) is 0 Å². The minimum atomic E-state index is 0.0696. The van der Waals surface area contributed by atoms with Crippen molar-refractivity contribution in [3.8, 4) is 5.75 Å². The summed E-state index contributed by atoms with van der Waals surface area (Å²) in [5, 5.41) is 2.12. The maximum Gasteiger partial charge on any atom is 0.135 e. The predicted octanol–water partition coefficient (Wildman–Crippen LogP) is 3.89. The SMILES string of the molecule is Cc1ccc2c(c1)[C@H](N)CC(c1sccc1C)O2. The summed E-state index contributed by atoms with van der Waals surface area (Å²) in [4.78, 5) is 1.30. The minimum Gasteiger partial charge on any atom is -0.484 e. The molecule has 2 nitrogen and oxygen atoms in total. The summed E-state index contributed by atoms with van der Waals surface area (Å²) in [6.45, 7) is 4.22. The number of aryl methyl sites for hydroxylation is 2. The molecule has 3 heteroatoms. The molecule has 2 heterocycles. The number of hydrogen-bond acceptors (Lipinski definition) is 3. The zero-order valence-electron chi connectivity index (χ0n) is 10.6. The average molecular weight is 259 g/mol. The summed E-state index contributed by atoms with van der Waals surface area (Å²) in [6, 6.07) is 8.46. The fourth-order valence-electron chi connectivity index (χ4n) is 2.50. The van der Waals surface area contributed by atoms with E-state index in [0.29, 0.717) is 0 Å². The first-order chi connectivity index (χ1) is 8.65. The molecule has 0 fully saturated rings. The van der Waals surface area contributed by atoms with Crippen LogP contribution >= 0.6 is 11.3 Å². The van der Waals surface area contributed by atoms with E-state index in [-0.39, 0.29) is 12.1 Å². The van der Waals surface area contributed by atoms with E-state index in [1.54, 1.807) is 11.3 Å². The molecule has 1 aliphatic rings. The Morgan fingerprint density at radius 2 is 2.11 bits per heavy atom. The van der Waals surface area contributed by atoms with Crippen molar-refractivity contribution >= 4 is 11.3 Å². The van der Waals surface area contributed by atoms with Gasteiger partial charge in [0, 0.05) is 22.9 Å². The number of nitrogens with two attached hydrogens (primary N) is 1. The Morgan fingerprint density at radius 3 is 2.83 bits per heavy atom. The van der Waals surface area contributed by atoms with Crippen LogP contribution in [0.25, 0.3) is 0 Å². The van der Waals surface area contributed by atoms with Gasteiger partial charge < -0.3 is 10.5 Å². The van der Waals surface area contributed by atoms with E-state index in [2.05, 4.69) is 37.4 Å². The van der Waals surface area contributed by atoms with Crippen molar-refractivity contribution in [1.82, 2.24) is 0 Å². The molecule has 2 aromatic rings. The normalized spacial score (nSPS) is 22.4. The van der Waals surface area contributed by atoms with Crippen LogP contribution in [0.2, 0.25) is 0 Å². The highest BCUT2D eigenvalue weighted by molar-refractivity contribution is 7.10. The molecule has 0 saturated carbocycles. The first kappa shape index (κ1) is 11.8. The lowest BCUT2D eigenvalue weighted by Crippen LogP contribution is -2.24. The molecule has 0 amide bonds. The van der Waals surface area contributed by atoms with Crippen LogP contribution in [-0.4, -0.2) is 0 Å². The predicted molar refractivity (Wildman–Crippen MR) is 75.1 cm³/mol. The standard InChI is InChI=1S/C15H17NOS/c1-9-3-4-13-11(7-9)12(16)8-14(17-13)15-10(2)5-6-18-15/h3-7,12,14H,8,16H2,1-2H3/t12-,14?/m1/s1. The van der Waals surface area contributed by atoms with E-state index in [0.717, 1.165) is 17.7 Å². The number of ether oxygens (including phenoxy) is 1. The van der Waals surface area contributed by atoms with Crippen molar-refractivity contribution < 1.29 is 4.74 Å². The first-order valence-electron chi connectivity index (χ1n) is 6.22. The molecule has 1 aromatic carbocycles. The van der Waals surface area contributed by atoms with E-state index in [1.807, 2.05) is 6.07 Å². The van der Waals surface area contributed by atoms with Crippen molar-refractivity contribution in [2.75, 3.05) is 0 Å². The van der Waals surface area contributed by atoms with E-state index in [4.69, 9.17) is 10.5 Å². The van der Waals surface area contributed by atoms with E-state index in [1.165, 1.54) is 16.0 Å². The second kappa shape index (κ2) is 4.41. The maximum atomic E-state index is 6.29. The summed E-state index contributed by atoms with van der Waals surface area (Å²) < 4.78 is 6.11. The number of benzene rings is 1. The third kappa shape index (κ3) is 1.93. The van der Waals surface area contributed by atoms with Crippen LogP contribution in [0, 0.1) is 13.8 Å². The molecule has 1 unspecified atom stereocenters. The summed E-state index contributed by atoms with van der Waals surface area (Å²) in [7, 11) is 0. The quantitative estimate of drug-likeness (QED) is 0.843. The molecule has 2 N–H and O–H groups in total. The van der Waals surface area contributed by atoms with Gasteiger partial charge in [-0.15, -0.1) is 11.3 Å². The number of rotatable bonds is 1. The largest absolute Gasteiger partial charge is 0.484 e. The topological polar surface area (TPSA) is 35.2 Å². The second-order valence-electron chi connectivity index (χ2n) is 4.96. The molecule has 0 aliphatic carbocycles. The third-order valence-electron chi connectivity index (χ3n) is 3.50. The zero-order chi connectivity index (χ0) is 12.7. The van der Waals surface area contributed by atoms with Gasteiger partial charge in [-0.1, -0.05) is 17.7 Å². The second-order valence-corrected chi connectivity index (χ2v) is 5.91. The monoisotopic (exact) mass is 259 g/mol. The molecule has 3 rings (SSSR count). The van der Waals surface area contributed by atoms with E-state index < -0.39 is 0 Å². The van der Waals surface area contributed by atoms with Crippen LogP contribution in [0.15, 0.2) is 29.6 Å². The molecule has 0 radical (unpaired) electrons. The van der Waals surface area contributed by atoms with Crippen molar-refractivity contribution in [2.24, 2.45) is 5.73 Å². The average Bonchev–Trinajstić information content (AvgIpc) is 2.76. The third-order valence-corrected chi connectivity index (χ3v) is 4.61. The lowest BCUT2D eigenvalue weighted by Gasteiger charge is -2.30. The molecule has 94 valence electrons. The van der Waals surface area contributed by atoms with Gasteiger partial charge in [0.25, 0.3) is 0 Å². The fraction of sp³-hybridized carbons (Fsp3) is 0.333. The first-order valence-corrected chi connectivity index (χ1v) is 7.10.